The number of hydrogen-bond acceptors (Lipinski definition) is 1. The van der Waals surface area contributed by atoms with Crippen LogP contribution in [0.4, 0.5) is 0 Å². The second kappa shape index (κ2) is 9.61. The lowest BCUT2D eigenvalue weighted by Crippen LogP contribution is -2.17. The van der Waals surface area contributed by atoms with Gasteiger partial charge in [-0.2, -0.15) is 0 Å². The van der Waals surface area contributed by atoms with E-state index in [4.69, 9.17) is 0 Å². The SMILES string of the molecule is C=C1Sc2ccccc2C/C=C\C=C/1c1cccc2c1C(C)(C)c1cc3c(cc1-2)c1c(c2ccccc23)CC=CC=C1. The molecule has 1 heterocycles. The van der Waals surface area contributed by atoms with E-state index in [1.54, 1.807) is 11.8 Å². The number of allylic oxidation sites excluding steroid dienone is 7. The normalized spacial score (nSPS) is 18.6. The molecular formula is C41H32S. The van der Waals surface area contributed by atoms with Crippen LogP contribution < -0.4 is 0 Å². The Morgan fingerprint density at radius 2 is 1.48 bits per heavy atom. The number of rotatable bonds is 1. The van der Waals surface area contributed by atoms with Gasteiger partial charge in [0, 0.05) is 15.2 Å². The second-order valence-corrected chi connectivity index (χ2v) is 13.2. The Kier molecular flexibility index (Phi) is 5.81. The van der Waals surface area contributed by atoms with Crippen molar-refractivity contribution in [1.29, 1.82) is 0 Å². The summed E-state index contributed by atoms with van der Waals surface area (Å²) in [5.41, 5.74) is 12.0. The predicted molar refractivity (Wildman–Crippen MR) is 183 cm³/mol. The van der Waals surface area contributed by atoms with Crippen LogP contribution in [-0.4, -0.2) is 0 Å². The van der Waals surface area contributed by atoms with Gasteiger partial charge < -0.3 is 0 Å². The first-order valence-electron chi connectivity index (χ1n) is 14.8. The molecule has 202 valence electrons. The van der Waals surface area contributed by atoms with E-state index in [1.165, 1.54) is 76.5 Å². The molecule has 0 N–H and O–H groups in total. The van der Waals surface area contributed by atoms with Gasteiger partial charge in [0.1, 0.15) is 0 Å². The Hall–Kier alpha value is -4.33. The quantitative estimate of drug-likeness (QED) is 0.185. The standard InChI is InChI=1S/C41H32S/c1-26-28(16-9-7-14-27-15-8-12-23-39(27)42-26)33-21-13-22-34-37-24-35-31-18-6-4-5-17-29(31)30-19-10-11-20-32(30)36(35)25-38(37)41(2,3)40(33)34/h4-13,15-16,18-25H,1,14,17H2,2-3H3/b9-7-,28-16+. The summed E-state index contributed by atoms with van der Waals surface area (Å²) in [6, 6.07) is 29.5. The highest BCUT2D eigenvalue weighted by atomic mass is 32.2. The fraction of sp³-hybridized carbons (Fsp3) is 0.122. The molecule has 42 heavy (non-hydrogen) atoms. The molecule has 1 heteroatoms. The Balaban J connectivity index is 1.36. The van der Waals surface area contributed by atoms with Gasteiger partial charge in [0.2, 0.25) is 0 Å². The highest BCUT2D eigenvalue weighted by molar-refractivity contribution is 8.03. The third kappa shape index (κ3) is 3.77. The molecule has 0 saturated heterocycles. The summed E-state index contributed by atoms with van der Waals surface area (Å²) in [5.74, 6) is 0. The average Bonchev–Trinajstić information content (AvgIpc) is 3.12. The van der Waals surface area contributed by atoms with Crippen molar-refractivity contribution in [1.82, 2.24) is 0 Å². The molecule has 8 rings (SSSR count). The third-order valence-electron chi connectivity index (χ3n) is 9.33. The lowest BCUT2D eigenvalue weighted by atomic mass is 9.78. The average molecular weight is 557 g/mol. The predicted octanol–water partition coefficient (Wildman–Crippen LogP) is 11.2. The zero-order valence-corrected chi connectivity index (χ0v) is 24.9. The molecule has 0 bridgehead atoms. The van der Waals surface area contributed by atoms with Crippen molar-refractivity contribution in [2.75, 3.05) is 0 Å². The highest BCUT2D eigenvalue weighted by Gasteiger charge is 2.38. The van der Waals surface area contributed by atoms with E-state index in [0.29, 0.717) is 0 Å². The van der Waals surface area contributed by atoms with E-state index in [-0.39, 0.29) is 5.41 Å². The molecular weight excluding hydrogens is 525 g/mol. The number of fused-ring (bicyclic) bond motifs is 10. The minimum absolute atomic E-state index is 0.160. The molecule has 2 aliphatic carbocycles. The van der Waals surface area contributed by atoms with Gasteiger partial charge in [-0.3, -0.25) is 0 Å². The maximum absolute atomic E-state index is 4.62. The van der Waals surface area contributed by atoms with E-state index in [0.717, 1.165) is 17.7 Å². The van der Waals surface area contributed by atoms with Crippen LogP contribution in [0.3, 0.4) is 0 Å². The summed E-state index contributed by atoms with van der Waals surface area (Å²) >= 11 is 1.80. The van der Waals surface area contributed by atoms with Crippen molar-refractivity contribution in [2.45, 2.75) is 37.0 Å². The van der Waals surface area contributed by atoms with Crippen molar-refractivity contribution in [3.63, 3.8) is 0 Å². The molecule has 3 aliphatic rings. The van der Waals surface area contributed by atoms with Crippen molar-refractivity contribution >= 4 is 45.0 Å². The van der Waals surface area contributed by atoms with E-state index in [2.05, 4.69) is 142 Å². The molecule has 5 aromatic carbocycles. The van der Waals surface area contributed by atoms with Crippen molar-refractivity contribution < 1.29 is 0 Å². The third-order valence-corrected chi connectivity index (χ3v) is 10.4. The van der Waals surface area contributed by atoms with Gasteiger partial charge in [-0.15, -0.1) is 0 Å². The van der Waals surface area contributed by atoms with Crippen molar-refractivity contribution in [3.05, 3.63) is 160 Å². The Bertz CT molecular complexity index is 2090. The van der Waals surface area contributed by atoms with Crippen LogP contribution >= 0.6 is 11.8 Å². The Morgan fingerprint density at radius 1 is 0.690 bits per heavy atom. The Labute approximate surface area is 252 Å². The fourth-order valence-electron chi connectivity index (χ4n) is 7.36. The van der Waals surface area contributed by atoms with Gasteiger partial charge >= 0.3 is 0 Å². The van der Waals surface area contributed by atoms with Crippen LogP contribution in [0.15, 0.2) is 132 Å². The van der Waals surface area contributed by atoms with Crippen LogP contribution in [0.25, 0.3) is 44.3 Å². The van der Waals surface area contributed by atoms with E-state index in [1.807, 2.05) is 0 Å². The number of benzene rings is 5. The van der Waals surface area contributed by atoms with E-state index < -0.39 is 0 Å². The lowest BCUT2D eigenvalue weighted by Gasteiger charge is -2.26. The van der Waals surface area contributed by atoms with Crippen LogP contribution in [0.5, 0.6) is 0 Å². The molecule has 0 nitrogen and oxygen atoms in total. The maximum atomic E-state index is 4.62. The number of thioether (sulfide) groups is 1. The highest BCUT2D eigenvalue weighted by Crippen LogP contribution is 2.54. The smallest absolute Gasteiger partial charge is 0.0165 e. The molecule has 0 amide bonds. The summed E-state index contributed by atoms with van der Waals surface area (Å²) in [7, 11) is 0. The van der Waals surface area contributed by atoms with Crippen LogP contribution in [0, 0.1) is 0 Å². The first kappa shape index (κ1) is 25.4. The first-order valence-corrected chi connectivity index (χ1v) is 15.6. The first-order chi connectivity index (χ1) is 20.5. The topological polar surface area (TPSA) is 0 Å². The summed E-state index contributed by atoms with van der Waals surface area (Å²) in [6.45, 7) is 9.42. The molecule has 0 fully saturated rings. The molecule has 0 aromatic heterocycles. The van der Waals surface area contributed by atoms with Gasteiger partial charge in [-0.1, -0.05) is 135 Å². The molecule has 0 atom stereocenters. The molecule has 0 saturated carbocycles. The van der Waals surface area contributed by atoms with Gasteiger partial charge in [-0.05, 0) is 103 Å². The molecule has 1 aliphatic heterocycles. The van der Waals surface area contributed by atoms with Gasteiger partial charge in [-0.25, -0.2) is 0 Å². The molecule has 0 radical (unpaired) electrons. The van der Waals surface area contributed by atoms with Gasteiger partial charge in [0.15, 0.2) is 0 Å². The van der Waals surface area contributed by atoms with E-state index in [9.17, 15) is 0 Å². The van der Waals surface area contributed by atoms with Gasteiger partial charge in [0.25, 0.3) is 0 Å². The van der Waals surface area contributed by atoms with Crippen LogP contribution in [-0.2, 0) is 18.3 Å². The van der Waals surface area contributed by atoms with Gasteiger partial charge in [0.05, 0.1) is 0 Å². The summed E-state index contributed by atoms with van der Waals surface area (Å²) in [5, 5.41) is 5.40. The largest absolute Gasteiger partial charge is 0.0898 e. The zero-order chi connectivity index (χ0) is 28.4. The van der Waals surface area contributed by atoms with Crippen molar-refractivity contribution in [3.8, 4) is 11.1 Å². The Morgan fingerprint density at radius 3 is 2.38 bits per heavy atom. The van der Waals surface area contributed by atoms with Crippen LogP contribution in [0.2, 0.25) is 0 Å². The van der Waals surface area contributed by atoms with Crippen molar-refractivity contribution in [2.24, 2.45) is 0 Å². The van der Waals surface area contributed by atoms with Crippen LogP contribution in [0.1, 0.15) is 47.2 Å². The second-order valence-electron chi connectivity index (χ2n) is 12.1. The minimum atomic E-state index is -0.160. The lowest BCUT2D eigenvalue weighted by molar-refractivity contribution is 0.659. The van der Waals surface area contributed by atoms with E-state index >= 15 is 0 Å². The number of hydrogen-bond donors (Lipinski definition) is 0. The summed E-state index contributed by atoms with van der Waals surface area (Å²) in [4.78, 5) is 2.38. The molecule has 5 aromatic rings. The monoisotopic (exact) mass is 556 g/mol. The summed E-state index contributed by atoms with van der Waals surface area (Å²) in [6.07, 6.45) is 17.6. The fourth-order valence-corrected chi connectivity index (χ4v) is 8.34. The minimum Gasteiger partial charge on any atom is -0.0898 e. The summed E-state index contributed by atoms with van der Waals surface area (Å²) < 4.78 is 0. The molecule has 0 spiro atoms. The maximum Gasteiger partial charge on any atom is 0.0165 e. The zero-order valence-electron chi connectivity index (χ0n) is 24.1. The molecule has 0 unspecified atom stereocenters.